The zero-order valence-corrected chi connectivity index (χ0v) is 16.3. The lowest BCUT2D eigenvalue weighted by atomic mass is 9.45. The number of carbonyl (C=O) groups is 1. The molecule has 4 rings (SSSR count). The molecule has 0 amide bonds. The van der Waals surface area contributed by atoms with E-state index in [0.29, 0.717) is 17.8 Å². The summed E-state index contributed by atoms with van der Waals surface area (Å²) in [6, 6.07) is 0. The van der Waals surface area contributed by atoms with E-state index >= 15 is 0 Å². The van der Waals surface area contributed by atoms with Crippen LogP contribution in [-0.2, 0) is 9.53 Å². The minimum absolute atomic E-state index is 0.0839. The van der Waals surface area contributed by atoms with Gasteiger partial charge in [0, 0.05) is 12.8 Å². The summed E-state index contributed by atoms with van der Waals surface area (Å²) in [6.45, 7) is 8.40. The fraction of sp³-hybridized carbons (Fsp3) is 0.864. The minimum atomic E-state index is -0.504. The highest BCUT2D eigenvalue weighted by atomic mass is 16.5. The number of esters is 1. The highest BCUT2D eigenvalue weighted by Gasteiger charge is 2.63. The molecule has 0 aliphatic heterocycles. The maximum Gasteiger partial charge on any atom is 0.307 e. The summed E-state index contributed by atoms with van der Waals surface area (Å²) in [6.07, 6.45) is 11.2. The van der Waals surface area contributed by atoms with E-state index in [1.807, 2.05) is 0 Å². The van der Waals surface area contributed by atoms with Crippen molar-refractivity contribution in [2.75, 3.05) is 0 Å². The van der Waals surface area contributed by atoms with Gasteiger partial charge in [-0.1, -0.05) is 13.8 Å². The summed E-state index contributed by atoms with van der Waals surface area (Å²) in [5.41, 5.74) is -0.172. The van der Waals surface area contributed by atoms with Gasteiger partial charge in [-0.25, -0.2) is 0 Å². The molecule has 25 heavy (non-hydrogen) atoms. The fourth-order valence-corrected chi connectivity index (χ4v) is 7.47. The number of fused-ring (bicyclic) bond motifs is 5. The maximum absolute atomic E-state index is 11.5. The van der Waals surface area contributed by atoms with Gasteiger partial charge in [0.2, 0.25) is 0 Å². The van der Waals surface area contributed by atoms with Gasteiger partial charge in [0.1, 0.15) is 5.76 Å². The van der Waals surface area contributed by atoms with Crippen LogP contribution in [0.3, 0.4) is 0 Å². The van der Waals surface area contributed by atoms with Crippen molar-refractivity contribution in [2.45, 2.75) is 84.7 Å². The number of hydrogen-bond acceptors (Lipinski definition) is 3. The zero-order chi connectivity index (χ0) is 18.0. The van der Waals surface area contributed by atoms with Crippen LogP contribution >= 0.6 is 0 Å². The van der Waals surface area contributed by atoms with E-state index in [2.05, 4.69) is 26.8 Å². The SMILES string of the molecule is CC(=O)OC1=CCC[C@@]2(C)[C@H]1CC[C@@H]1[C@@H]2CC[C@@]2(C)[C@H]1CC[C@]2(C)O. The topological polar surface area (TPSA) is 46.5 Å². The highest BCUT2D eigenvalue weighted by Crippen LogP contribution is 2.68. The molecule has 4 aliphatic rings. The lowest BCUT2D eigenvalue weighted by Gasteiger charge is -2.60. The molecule has 0 unspecified atom stereocenters. The molecular formula is C22H34O3. The van der Waals surface area contributed by atoms with Gasteiger partial charge in [-0.3, -0.25) is 4.79 Å². The first-order valence-electron chi connectivity index (χ1n) is 10.3. The Hall–Kier alpha value is -0.830. The largest absolute Gasteiger partial charge is 0.431 e. The standard InChI is InChI=1S/C22H34O3/c1-14(23)25-19-6-5-11-20(2)16-9-12-21(3)17(10-13-22(21,4)24)15(16)7-8-18(19)20/h6,15-18,24H,5,7-13H2,1-4H3/t15-,16+,17+,18+,20-,21+,22+/m1/s1. The van der Waals surface area contributed by atoms with Gasteiger partial charge in [-0.15, -0.1) is 0 Å². The van der Waals surface area contributed by atoms with E-state index in [4.69, 9.17) is 4.74 Å². The van der Waals surface area contributed by atoms with Gasteiger partial charge >= 0.3 is 5.97 Å². The van der Waals surface area contributed by atoms with Crippen LogP contribution in [0.15, 0.2) is 11.8 Å². The van der Waals surface area contributed by atoms with E-state index in [1.165, 1.54) is 32.6 Å². The zero-order valence-electron chi connectivity index (χ0n) is 16.3. The second-order valence-corrected chi connectivity index (χ2v) is 10.0. The first-order valence-corrected chi connectivity index (χ1v) is 10.3. The van der Waals surface area contributed by atoms with Crippen LogP contribution in [0, 0.1) is 34.5 Å². The molecule has 0 radical (unpaired) electrons. The molecule has 0 saturated heterocycles. The number of allylic oxidation sites excluding steroid dienone is 2. The van der Waals surface area contributed by atoms with Crippen LogP contribution in [0.25, 0.3) is 0 Å². The first-order chi connectivity index (χ1) is 11.7. The molecule has 4 aliphatic carbocycles. The van der Waals surface area contributed by atoms with Crippen LogP contribution in [-0.4, -0.2) is 16.7 Å². The van der Waals surface area contributed by atoms with Gasteiger partial charge < -0.3 is 9.84 Å². The Balaban J connectivity index is 1.63. The number of hydrogen-bond donors (Lipinski definition) is 1. The van der Waals surface area contributed by atoms with E-state index in [1.54, 1.807) is 0 Å². The summed E-state index contributed by atoms with van der Waals surface area (Å²) >= 11 is 0. The number of aliphatic hydroxyl groups is 1. The molecule has 7 atom stereocenters. The summed E-state index contributed by atoms with van der Waals surface area (Å²) in [5, 5.41) is 11.0. The molecule has 3 heteroatoms. The Bertz CT molecular complexity index is 606. The molecule has 0 spiro atoms. The van der Waals surface area contributed by atoms with Crippen molar-refractivity contribution in [2.24, 2.45) is 34.5 Å². The van der Waals surface area contributed by atoms with Crippen molar-refractivity contribution in [3.63, 3.8) is 0 Å². The van der Waals surface area contributed by atoms with Crippen LogP contribution < -0.4 is 0 Å². The van der Waals surface area contributed by atoms with E-state index in [9.17, 15) is 9.90 Å². The molecular weight excluding hydrogens is 312 g/mol. The molecule has 0 aromatic rings. The number of carbonyl (C=O) groups excluding carboxylic acids is 1. The molecule has 0 aromatic carbocycles. The lowest BCUT2D eigenvalue weighted by Crippen LogP contribution is -2.55. The molecule has 3 nitrogen and oxygen atoms in total. The predicted molar refractivity (Wildman–Crippen MR) is 97.6 cm³/mol. The molecule has 0 aromatic heterocycles. The highest BCUT2D eigenvalue weighted by molar-refractivity contribution is 5.67. The van der Waals surface area contributed by atoms with Crippen molar-refractivity contribution >= 4 is 5.97 Å². The second-order valence-electron chi connectivity index (χ2n) is 10.0. The van der Waals surface area contributed by atoms with Gasteiger partial charge in [-0.2, -0.15) is 0 Å². The van der Waals surface area contributed by atoms with Crippen LogP contribution in [0.1, 0.15) is 79.1 Å². The van der Waals surface area contributed by atoms with Gasteiger partial charge in [-0.05, 0) is 93.0 Å². The summed E-state index contributed by atoms with van der Waals surface area (Å²) in [4.78, 5) is 11.5. The Labute approximate surface area is 152 Å². The maximum atomic E-state index is 11.5. The van der Waals surface area contributed by atoms with Crippen molar-refractivity contribution in [1.82, 2.24) is 0 Å². The number of rotatable bonds is 1. The van der Waals surface area contributed by atoms with Crippen LogP contribution in [0.2, 0.25) is 0 Å². The Kier molecular flexibility index (Phi) is 3.92. The number of ether oxygens (including phenoxy) is 1. The molecule has 1 N–H and O–H groups in total. The van der Waals surface area contributed by atoms with Crippen molar-refractivity contribution < 1.29 is 14.6 Å². The average molecular weight is 347 g/mol. The second kappa shape index (κ2) is 5.58. The molecule has 140 valence electrons. The minimum Gasteiger partial charge on any atom is -0.431 e. The molecule has 0 bridgehead atoms. The Morgan fingerprint density at radius 1 is 1.08 bits per heavy atom. The van der Waals surface area contributed by atoms with Gasteiger partial charge in [0.05, 0.1) is 5.60 Å². The summed E-state index contributed by atoms with van der Waals surface area (Å²) < 4.78 is 5.63. The Morgan fingerprint density at radius 2 is 1.80 bits per heavy atom. The normalized spacial score (nSPS) is 51.8. The molecule has 0 heterocycles. The van der Waals surface area contributed by atoms with Crippen molar-refractivity contribution in [3.8, 4) is 0 Å². The quantitative estimate of drug-likeness (QED) is 0.691. The lowest BCUT2D eigenvalue weighted by molar-refractivity contribution is -0.150. The monoisotopic (exact) mass is 346 g/mol. The fourth-order valence-electron chi connectivity index (χ4n) is 7.47. The summed E-state index contributed by atoms with van der Waals surface area (Å²) in [5.74, 6) is 3.26. The van der Waals surface area contributed by atoms with E-state index < -0.39 is 5.60 Å². The van der Waals surface area contributed by atoms with E-state index in [-0.39, 0.29) is 16.8 Å². The third-order valence-corrected chi connectivity index (χ3v) is 9.06. The molecule has 3 saturated carbocycles. The van der Waals surface area contributed by atoms with E-state index in [0.717, 1.165) is 37.4 Å². The van der Waals surface area contributed by atoms with Crippen LogP contribution in [0.5, 0.6) is 0 Å². The van der Waals surface area contributed by atoms with Crippen LogP contribution in [0.4, 0.5) is 0 Å². The summed E-state index contributed by atoms with van der Waals surface area (Å²) in [7, 11) is 0. The third-order valence-electron chi connectivity index (χ3n) is 9.06. The molecule has 3 fully saturated rings. The van der Waals surface area contributed by atoms with Gasteiger partial charge in [0.25, 0.3) is 0 Å². The predicted octanol–water partition coefficient (Wildman–Crippen LogP) is 4.84. The smallest absolute Gasteiger partial charge is 0.307 e. The van der Waals surface area contributed by atoms with Crippen molar-refractivity contribution in [1.29, 1.82) is 0 Å². The Morgan fingerprint density at radius 3 is 2.52 bits per heavy atom. The van der Waals surface area contributed by atoms with Gasteiger partial charge in [0.15, 0.2) is 0 Å². The average Bonchev–Trinajstić information content (AvgIpc) is 2.76. The van der Waals surface area contributed by atoms with Crippen molar-refractivity contribution in [3.05, 3.63) is 11.8 Å². The first kappa shape index (κ1) is 17.6. The third kappa shape index (κ3) is 2.37.